The minimum Gasteiger partial charge on any atom is -0.508 e. The molecule has 114 valence electrons. The number of carbonyl (C=O) groups is 1. The molecule has 0 radical (unpaired) electrons. The van der Waals surface area contributed by atoms with E-state index in [4.69, 9.17) is 16.3 Å². The number of phenolic OH excluding ortho intramolecular Hbond substituents is 1. The molecule has 1 N–H and O–H groups in total. The molecule has 0 spiro atoms. The van der Waals surface area contributed by atoms with E-state index in [1.165, 1.54) is 7.11 Å². The molecule has 1 aromatic carbocycles. The Labute approximate surface area is 133 Å². The molecule has 1 aromatic heterocycles. The zero-order valence-corrected chi connectivity index (χ0v) is 13.1. The first-order chi connectivity index (χ1) is 10.5. The van der Waals surface area contributed by atoms with Gasteiger partial charge in [0, 0.05) is 17.2 Å². The first-order valence-electron chi connectivity index (χ1n) is 7.00. The van der Waals surface area contributed by atoms with Crippen LogP contribution in [0.5, 0.6) is 5.75 Å². The lowest BCUT2D eigenvalue weighted by Crippen LogP contribution is -2.24. The lowest BCUT2D eigenvalue weighted by molar-refractivity contribution is -0.143. The average molecular weight is 318 g/mol. The molecule has 5 heteroatoms. The Kier molecular flexibility index (Phi) is 3.57. The topological polar surface area (TPSA) is 59.4 Å². The molecule has 1 saturated carbocycles. The molecule has 1 heterocycles. The zero-order valence-electron chi connectivity index (χ0n) is 12.3. The monoisotopic (exact) mass is 317 g/mol. The summed E-state index contributed by atoms with van der Waals surface area (Å²) in [6.07, 6.45) is 0.546. The molecule has 1 fully saturated rings. The number of aromatic nitrogens is 1. The van der Waals surface area contributed by atoms with E-state index in [0.29, 0.717) is 17.1 Å². The number of benzene rings is 1. The van der Waals surface area contributed by atoms with Crippen LogP contribution in [0.25, 0.3) is 0 Å². The van der Waals surface area contributed by atoms with Crippen molar-refractivity contribution in [2.75, 3.05) is 7.11 Å². The van der Waals surface area contributed by atoms with Crippen molar-refractivity contribution in [1.29, 1.82) is 0 Å². The fourth-order valence-electron chi connectivity index (χ4n) is 3.06. The van der Waals surface area contributed by atoms with E-state index < -0.39 is 5.41 Å². The van der Waals surface area contributed by atoms with Crippen LogP contribution in [-0.2, 0) is 14.9 Å². The Morgan fingerprint density at radius 1 is 1.41 bits per heavy atom. The first kappa shape index (κ1) is 14.9. The molecule has 4 nitrogen and oxygen atoms in total. The van der Waals surface area contributed by atoms with Crippen molar-refractivity contribution in [3.63, 3.8) is 0 Å². The summed E-state index contributed by atoms with van der Waals surface area (Å²) in [6.45, 7) is 1.92. The summed E-state index contributed by atoms with van der Waals surface area (Å²) < 4.78 is 5.00. The van der Waals surface area contributed by atoms with Gasteiger partial charge in [-0.1, -0.05) is 35.4 Å². The Morgan fingerprint density at radius 3 is 2.86 bits per heavy atom. The van der Waals surface area contributed by atoms with E-state index in [1.807, 2.05) is 19.1 Å². The molecular weight excluding hydrogens is 302 g/mol. The highest BCUT2D eigenvalue weighted by Crippen LogP contribution is 2.62. The molecule has 0 saturated heterocycles. The molecule has 3 rings (SSSR count). The summed E-state index contributed by atoms with van der Waals surface area (Å²) in [4.78, 5) is 16.7. The highest BCUT2D eigenvalue weighted by atomic mass is 35.5. The second-order valence-corrected chi connectivity index (χ2v) is 6.01. The van der Waals surface area contributed by atoms with Crippen molar-refractivity contribution < 1.29 is 14.6 Å². The normalized spacial score (nSPS) is 23.1. The summed E-state index contributed by atoms with van der Waals surface area (Å²) in [5, 5.41) is 10.6. The van der Waals surface area contributed by atoms with Crippen molar-refractivity contribution >= 4 is 17.6 Å². The molecule has 2 atom stereocenters. The van der Waals surface area contributed by atoms with Gasteiger partial charge < -0.3 is 9.84 Å². The van der Waals surface area contributed by atoms with Crippen molar-refractivity contribution in [3.05, 3.63) is 58.4 Å². The number of halogens is 1. The third kappa shape index (κ3) is 2.24. The lowest BCUT2D eigenvalue weighted by atomic mass is 9.90. The van der Waals surface area contributed by atoms with E-state index in [1.54, 1.807) is 24.3 Å². The molecule has 0 amide bonds. The van der Waals surface area contributed by atoms with Gasteiger partial charge in [-0.3, -0.25) is 4.79 Å². The maximum absolute atomic E-state index is 12.4. The number of hydrogen-bond donors (Lipinski definition) is 1. The van der Waals surface area contributed by atoms with Crippen LogP contribution in [0.1, 0.15) is 29.2 Å². The second kappa shape index (κ2) is 5.29. The minimum absolute atomic E-state index is 0.0977. The van der Waals surface area contributed by atoms with Crippen LogP contribution < -0.4 is 0 Å². The SMILES string of the molecule is COC(=O)[C@]1(c2cc(C)ccc2O)C[C@H]1c1cccc(Cl)n1. The second-order valence-electron chi connectivity index (χ2n) is 5.63. The first-order valence-corrected chi connectivity index (χ1v) is 7.38. The number of ether oxygens (including phenoxy) is 1. The van der Waals surface area contributed by atoms with Crippen LogP contribution in [0.2, 0.25) is 5.15 Å². The van der Waals surface area contributed by atoms with Crippen molar-refractivity contribution in [2.24, 2.45) is 0 Å². The van der Waals surface area contributed by atoms with Crippen LogP contribution in [0.15, 0.2) is 36.4 Å². The number of methoxy groups -OCH3 is 1. The summed E-state index contributed by atoms with van der Waals surface area (Å²) in [5.74, 6) is -0.410. The van der Waals surface area contributed by atoms with E-state index in [-0.39, 0.29) is 17.6 Å². The number of rotatable bonds is 3. The maximum Gasteiger partial charge on any atom is 0.317 e. The van der Waals surface area contributed by atoms with Gasteiger partial charge in [0.1, 0.15) is 16.3 Å². The number of carbonyl (C=O) groups excluding carboxylic acids is 1. The standard InChI is InChI=1S/C17H16ClNO3/c1-10-6-7-14(20)11(8-10)17(16(21)22-2)9-12(17)13-4-3-5-15(18)19-13/h3-8,12,20H,9H2,1-2H3/t12-,17-/m0/s1. The Morgan fingerprint density at radius 2 is 2.18 bits per heavy atom. The van der Waals surface area contributed by atoms with Gasteiger partial charge in [-0.05, 0) is 31.5 Å². The van der Waals surface area contributed by atoms with Crippen LogP contribution >= 0.6 is 11.6 Å². The Hall–Kier alpha value is -2.07. The molecule has 1 aliphatic carbocycles. The molecule has 1 aliphatic rings. The van der Waals surface area contributed by atoms with Crippen LogP contribution in [-0.4, -0.2) is 23.2 Å². The third-order valence-corrected chi connectivity index (χ3v) is 4.45. The van der Waals surface area contributed by atoms with Crippen LogP contribution in [0, 0.1) is 6.92 Å². The highest BCUT2D eigenvalue weighted by molar-refractivity contribution is 6.29. The predicted molar refractivity (Wildman–Crippen MR) is 83.1 cm³/mol. The average Bonchev–Trinajstić information content (AvgIpc) is 3.25. The van der Waals surface area contributed by atoms with Gasteiger partial charge >= 0.3 is 5.97 Å². The number of esters is 1. The van der Waals surface area contributed by atoms with Crippen molar-refractivity contribution in [3.8, 4) is 5.75 Å². The van der Waals surface area contributed by atoms with Gasteiger partial charge in [-0.2, -0.15) is 0 Å². The largest absolute Gasteiger partial charge is 0.508 e. The van der Waals surface area contributed by atoms with Gasteiger partial charge in [0.2, 0.25) is 0 Å². The number of nitrogens with zero attached hydrogens (tertiary/aromatic N) is 1. The minimum atomic E-state index is -0.886. The number of phenols is 1. The van der Waals surface area contributed by atoms with Crippen LogP contribution in [0.3, 0.4) is 0 Å². The highest BCUT2D eigenvalue weighted by Gasteiger charge is 2.64. The molecular formula is C17H16ClNO3. The predicted octanol–water partition coefficient (Wildman–Crippen LogP) is 3.35. The van der Waals surface area contributed by atoms with E-state index in [9.17, 15) is 9.90 Å². The zero-order chi connectivity index (χ0) is 15.9. The Balaban J connectivity index is 2.10. The summed E-state index contributed by atoms with van der Waals surface area (Å²) in [5.41, 5.74) is 1.41. The molecule has 0 bridgehead atoms. The van der Waals surface area contributed by atoms with Gasteiger partial charge in [0.05, 0.1) is 7.11 Å². The lowest BCUT2D eigenvalue weighted by Gasteiger charge is -2.17. The quantitative estimate of drug-likeness (QED) is 0.696. The van der Waals surface area contributed by atoms with Gasteiger partial charge in [-0.15, -0.1) is 0 Å². The Bertz CT molecular complexity index is 746. The van der Waals surface area contributed by atoms with Gasteiger partial charge in [0.25, 0.3) is 0 Å². The number of hydrogen-bond acceptors (Lipinski definition) is 4. The number of pyridine rings is 1. The summed E-state index contributed by atoms with van der Waals surface area (Å²) in [7, 11) is 1.36. The number of aromatic hydroxyl groups is 1. The third-order valence-electron chi connectivity index (χ3n) is 4.24. The van der Waals surface area contributed by atoms with Crippen LogP contribution in [0.4, 0.5) is 0 Å². The fourth-order valence-corrected chi connectivity index (χ4v) is 3.23. The van der Waals surface area contributed by atoms with Gasteiger partial charge in [0.15, 0.2) is 0 Å². The fraction of sp³-hybridized carbons (Fsp3) is 0.294. The van der Waals surface area contributed by atoms with E-state index in [2.05, 4.69) is 4.98 Å². The molecule has 0 unspecified atom stereocenters. The molecule has 0 aliphatic heterocycles. The number of aryl methyl sites for hydroxylation is 1. The maximum atomic E-state index is 12.4. The summed E-state index contributed by atoms with van der Waals surface area (Å²) >= 11 is 5.95. The van der Waals surface area contributed by atoms with Gasteiger partial charge in [-0.25, -0.2) is 4.98 Å². The molecule has 2 aromatic rings. The molecule has 22 heavy (non-hydrogen) atoms. The summed E-state index contributed by atoms with van der Waals surface area (Å²) in [6, 6.07) is 10.6. The van der Waals surface area contributed by atoms with E-state index in [0.717, 1.165) is 11.3 Å². The smallest absolute Gasteiger partial charge is 0.317 e. The van der Waals surface area contributed by atoms with Crippen molar-refractivity contribution in [2.45, 2.75) is 24.7 Å². The van der Waals surface area contributed by atoms with E-state index >= 15 is 0 Å². The van der Waals surface area contributed by atoms with Crippen molar-refractivity contribution in [1.82, 2.24) is 4.98 Å².